The molecule has 2 rings (SSSR count). The molecule has 2 N–H and O–H groups in total. The minimum absolute atomic E-state index is 0. The summed E-state index contributed by atoms with van der Waals surface area (Å²) in [5.41, 5.74) is 0.695. The molecule has 5 nitrogen and oxygen atoms in total. The monoisotopic (exact) mass is 368 g/mol. The summed E-state index contributed by atoms with van der Waals surface area (Å²) in [5.74, 6) is -0.431. The Balaban J connectivity index is 0.00000288. The molecule has 1 aromatic carbocycles. The third-order valence-electron chi connectivity index (χ3n) is 3.42. The first-order valence-electron chi connectivity index (χ1n) is 7.30. The zero-order valence-electron chi connectivity index (χ0n) is 13.1. The number of amides is 1. The summed E-state index contributed by atoms with van der Waals surface area (Å²) in [5, 5.41) is 6.00. The molecule has 9 heteroatoms. The van der Waals surface area contributed by atoms with Crippen molar-refractivity contribution in [3.8, 4) is 5.75 Å². The number of ether oxygens (including phenoxy) is 2. The summed E-state index contributed by atoms with van der Waals surface area (Å²) in [6.45, 7) is 3.61. The summed E-state index contributed by atoms with van der Waals surface area (Å²) in [7, 11) is 0. The maximum atomic E-state index is 12.1. The number of carbonyl (C=O) groups excluding carboxylic acids is 1. The number of benzene rings is 1. The van der Waals surface area contributed by atoms with Gasteiger partial charge in [0.15, 0.2) is 0 Å². The van der Waals surface area contributed by atoms with E-state index in [-0.39, 0.29) is 36.1 Å². The number of rotatable bonds is 5. The van der Waals surface area contributed by atoms with Crippen molar-refractivity contribution in [2.45, 2.75) is 31.8 Å². The number of hydrogen-bond donors (Lipinski definition) is 2. The topological polar surface area (TPSA) is 59.6 Å². The fourth-order valence-corrected chi connectivity index (χ4v) is 2.32. The number of halogens is 4. The van der Waals surface area contributed by atoms with Gasteiger partial charge in [0.25, 0.3) is 0 Å². The predicted octanol–water partition coefficient (Wildman–Crippen LogP) is 2.56. The molecule has 1 heterocycles. The van der Waals surface area contributed by atoms with Crippen LogP contribution in [0.5, 0.6) is 5.75 Å². The molecule has 0 spiro atoms. The van der Waals surface area contributed by atoms with Crippen molar-refractivity contribution in [1.82, 2.24) is 10.6 Å². The van der Waals surface area contributed by atoms with Crippen molar-refractivity contribution >= 4 is 18.3 Å². The number of carbonyl (C=O) groups is 1. The molecule has 1 aliphatic rings. The van der Waals surface area contributed by atoms with E-state index < -0.39 is 6.36 Å². The van der Waals surface area contributed by atoms with Gasteiger partial charge in [-0.15, -0.1) is 25.6 Å². The highest BCUT2D eigenvalue weighted by Gasteiger charge is 2.31. The summed E-state index contributed by atoms with van der Waals surface area (Å²) >= 11 is 0. The van der Waals surface area contributed by atoms with Gasteiger partial charge in [-0.25, -0.2) is 0 Å². The van der Waals surface area contributed by atoms with Crippen molar-refractivity contribution in [3.05, 3.63) is 29.8 Å². The lowest BCUT2D eigenvalue weighted by molar-refractivity contribution is -0.274. The minimum atomic E-state index is -4.71. The van der Waals surface area contributed by atoms with Crippen molar-refractivity contribution in [2.24, 2.45) is 0 Å². The van der Waals surface area contributed by atoms with Gasteiger partial charge in [0.1, 0.15) is 5.75 Å². The molecule has 0 aromatic heterocycles. The molecule has 1 amide bonds. The molecule has 0 saturated carbocycles. The van der Waals surface area contributed by atoms with E-state index in [2.05, 4.69) is 15.4 Å². The molecular formula is C15H20ClF3N2O3. The third-order valence-corrected chi connectivity index (χ3v) is 3.42. The van der Waals surface area contributed by atoms with E-state index in [9.17, 15) is 18.0 Å². The Morgan fingerprint density at radius 2 is 2.08 bits per heavy atom. The highest BCUT2D eigenvalue weighted by molar-refractivity contribution is 5.85. The maximum absolute atomic E-state index is 12.1. The Bertz CT molecular complexity index is 520. The standard InChI is InChI=1S/C15H19F3N2O3.ClH/c1-10(20-14(21)8-12-9-22-7-6-19-12)11-2-4-13(5-3-11)23-15(16,17)18;/h2-5,10,12,19H,6-9H2,1H3,(H,20,21);1H. The van der Waals surface area contributed by atoms with Gasteiger partial charge in [0.2, 0.25) is 5.91 Å². The summed E-state index contributed by atoms with van der Waals surface area (Å²) < 4.78 is 45.4. The Hall–Kier alpha value is -1.51. The van der Waals surface area contributed by atoms with Crippen LogP contribution in [0.4, 0.5) is 13.2 Å². The number of morpholine rings is 1. The lowest BCUT2D eigenvalue weighted by Gasteiger charge is -2.24. The average molecular weight is 369 g/mol. The lowest BCUT2D eigenvalue weighted by Crippen LogP contribution is -2.44. The predicted molar refractivity (Wildman–Crippen MR) is 84.2 cm³/mol. The Labute approximate surface area is 144 Å². The first-order valence-corrected chi connectivity index (χ1v) is 7.30. The Morgan fingerprint density at radius 3 is 2.62 bits per heavy atom. The lowest BCUT2D eigenvalue weighted by atomic mass is 10.1. The van der Waals surface area contributed by atoms with Crippen LogP contribution in [0.15, 0.2) is 24.3 Å². The highest BCUT2D eigenvalue weighted by atomic mass is 35.5. The molecule has 1 saturated heterocycles. The van der Waals surface area contributed by atoms with E-state index in [1.165, 1.54) is 24.3 Å². The van der Waals surface area contributed by atoms with Gasteiger partial charge in [0.05, 0.1) is 19.3 Å². The van der Waals surface area contributed by atoms with E-state index in [4.69, 9.17) is 4.74 Å². The molecule has 2 atom stereocenters. The largest absolute Gasteiger partial charge is 0.573 e. The van der Waals surface area contributed by atoms with Crippen LogP contribution in [0.25, 0.3) is 0 Å². The van der Waals surface area contributed by atoms with E-state index in [1.807, 2.05) is 0 Å². The summed E-state index contributed by atoms with van der Waals surface area (Å²) in [6.07, 6.45) is -4.42. The molecule has 1 aromatic rings. The van der Waals surface area contributed by atoms with Gasteiger partial charge >= 0.3 is 6.36 Å². The van der Waals surface area contributed by atoms with Crippen LogP contribution < -0.4 is 15.4 Å². The molecule has 1 aliphatic heterocycles. The fraction of sp³-hybridized carbons (Fsp3) is 0.533. The van der Waals surface area contributed by atoms with E-state index in [0.717, 1.165) is 0 Å². The normalized spacial score (nSPS) is 19.1. The molecule has 0 radical (unpaired) electrons. The van der Waals surface area contributed by atoms with Crippen molar-refractivity contribution in [2.75, 3.05) is 19.8 Å². The second-order valence-corrected chi connectivity index (χ2v) is 5.34. The SMILES string of the molecule is CC(NC(=O)CC1COCCN1)c1ccc(OC(F)(F)F)cc1.Cl. The third kappa shape index (κ3) is 6.94. The molecule has 0 aliphatic carbocycles. The zero-order chi connectivity index (χ0) is 16.9. The first-order chi connectivity index (χ1) is 10.8. The van der Waals surface area contributed by atoms with Crippen LogP contribution in [-0.2, 0) is 9.53 Å². The molecule has 0 bridgehead atoms. The van der Waals surface area contributed by atoms with E-state index >= 15 is 0 Å². The van der Waals surface area contributed by atoms with E-state index in [1.54, 1.807) is 6.92 Å². The maximum Gasteiger partial charge on any atom is 0.573 e. The van der Waals surface area contributed by atoms with Gasteiger partial charge in [-0.05, 0) is 24.6 Å². The van der Waals surface area contributed by atoms with Crippen molar-refractivity contribution in [3.63, 3.8) is 0 Å². The van der Waals surface area contributed by atoms with Crippen LogP contribution in [-0.4, -0.2) is 38.1 Å². The van der Waals surface area contributed by atoms with Gasteiger partial charge in [-0.3, -0.25) is 4.79 Å². The van der Waals surface area contributed by atoms with Gasteiger partial charge < -0.3 is 20.1 Å². The molecule has 136 valence electrons. The van der Waals surface area contributed by atoms with Gasteiger partial charge in [0, 0.05) is 19.0 Å². The summed E-state index contributed by atoms with van der Waals surface area (Å²) in [4.78, 5) is 12.0. The minimum Gasteiger partial charge on any atom is -0.406 e. The molecule has 1 fully saturated rings. The van der Waals surface area contributed by atoms with Crippen LogP contribution in [0.3, 0.4) is 0 Å². The van der Waals surface area contributed by atoms with Crippen LogP contribution >= 0.6 is 12.4 Å². The van der Waals surface area contributed by atoms with Crippen LogP contribution in [0, 0.1) is 0 Å². The number of nitrogens with one attached hydrogen (secondary N) is 2. The Morgan fingerprint density at radius 1 is 1.42 bits per heavy atom. The zero-order valence-corrected chi connectivity index (χ0v) is 13.9. The molecular weight excluding hydrogens is 349 g/mol. The fourth-order valence-electron chi connectivity index (χ4n) is 2.32. The smallest absolute Gasteiger partial charge is 0.406 e. The van der Waals surface area contributed by atoms with Gasteiger partial charge in [-0.2, -0.15) is 0 Å². The van der Waals surface area contributed by atoms with Crippen LogP contribution in [0.2, 0.25) is 0 Å². The Kier molecular flexibility index (Phi) is 7.78. The second kappa shape index (κ2) is 9.10. The van der Waals surface area contributed by atoms with Crippen molar-refractivity contribution < 1.29 is 27.4 Å². The number of hydrogen-bond acceptors (Lipinski definition) is 4. The summed E-state index contributed by atoms with van der Waals surface area (Å²) in [6, 6.07) is 5.11. The molecule has 24 heavy (non-hydrogen) atoms. The average Bonchev–Trinajstić information content (AvgIpc) is 2.47. The van der Waals surface area contributed by atoms with Crippen molar-refractivity contribution in [1.29, 1.82) is 0 Å². The quantitative estimate of drug-likeness (QED) is 0.838. The second-order valence-electron chi connectivity index (χ2n) is 5.34. The van der Waals surface area contributed by atoms with Crippen LogP contribution in [0.1, 0.15) is 24.9 Å². The number of alkyl halides is 3. The molecule has 2 unspecified atom stereocenters. The first kappa shape index (κ1) is 20.5. The highest BCUT2D eigenvalue weighted by Crippen LogP contribution is 2.24. The van der Waals surface area contributed by atoms with E-state index in [0.29, 0.717) is 31.7 Å². The van der Waals surface area contributed by atoms with Gasteiger partial charge in [-0.1, -0.05) is 12.1 Å².